The predicted molar refractivity (Wildman–Crippen MR) is 106 cm³/mol. The molecule has 29 heavy (non-hydrogen) atoms. The van der Waals surface area contributed by atoms with Crippen molar-refractivity contribution in [1.29, 1.82) is 0 Å². The molecule has 1 atom stereocenters. The van der Waals surface area contributed by atoms with Gasteiger partial charge in [-0.05, 0) is 18.2 Å². The number of para-hydroxylation sites is 1. The van der Waals surface area contributed by atoms with E-state index < -0.39 is 35.2 Å². The fraction of sp³-hybridized carbons (Fsp3) is 0.200. The Morgan fingerprint density at radius 2 is 1.76 bits per heavy atom. The number of rotatable bonds is 9. The van der Waals surface area contributed by atoms with E-state index >= 15 is 0 Å². The minimum Gasteiger partial charge on any atom is -0.480 e. The molecule has 8 nitrogen and oxygen atoms in total. The zero-order chi connectivity index (χ0) is 21.0. The molecule has 0 aliphatic heterocycles. The number of aliphatic hydroxyl groups excluding tert-OH is 1. The summed E-state index contributed by atoms with van der Waals surface area (Å²) in [6, 6.07) is 14.6. The molecule has 1 heterocycles. The van der Waals surface area contributed by atoms with Crippen LogP contribution in [0.3, 0.4) is 0 Å². The third-order valence-electron chi connectivity index (χ3n) is 4.46. The highest BCUT2D eigenvalue weighted by Crippen LogP contribution is 2.21. The Labute approximate surface area is 167 Å². The van der Waals surface area contributed by atoms with Gasteiger partial charge in [0.25, 0.3) is 0 Å². The molecular weight excluding hydrogens is 396 g/mol. The summed E-state index contributed by atoms with van der Waals surface area (Å²) in [5.74, 6) is -1.33. The third kappa shape index (κ3) is 4.53. The Hall–Kier alpha value is -3.01. The van der Waals surface area contributed by atoms with Gasteiger partial charge in [-0.25, -0.2) is 8.42 Å². The van der Waals surface area contributed by atoms with Crippen molar-refractivity contribution >= 4 is 33.2 Å². The molecule has 3 aromatic rings. The number of aromatic nitrogens is 1. The predicted octanol–water partition coefficient (Wildman–Crippen LogP) is 1.59. The van der Waals surface area contributed by atoms with Gasteiger partial charge >= 0.3 is 5.97 Å². The molecule has 0 aliphatic carbocycles. The molecule has 1 unspecified atom stereocenters. The van der Waals surface area contributed by atoms with Crippen molar-refractivity contribution in [3.05, 3.63) is 66.4 Å². The number of hydrogen-bond acceptors (Lipinski definition) is 5. The molecule has 9 heteroatoms. The highest BCUT2D eigenvalue weighted by atomic mass is 32.2. The van der Waals surface area contributed by atoms with Gasteiger partial charge < -0.3 is 14.8 Å². The zero-order valence-electron chi connectivity index (χ0n) is 15.4. The topological polar surface area (TPSA) is 117 Å². The second-order valence-electron chi connectivity index (χ2n) is 6.53. The maximum atomic E-state index is 12.8. The summed E-state index contributed by atoms with van der Waals surface area (Å²) in [5.41, 5.74) is 1.16. The van der Waals surface area contributed by atoms with E-state index in [2.05, 4.69) is 0 Å². The van der Waals surface area contributed by atoms with Gasteiger partial charge in [0.15, 0.2) is 6.29 Å². The lowest BCUT2D eigenvalue weighted by Crippen LogP contribution is -2.41. The molecule has 0 fully saturated rings. The lowest BCUT2D eigenvalue weighted by Gasteiger charge is -2.23. The number of aldehydes is 1. The van der Waals surface area contributed by atoms with Crippen molar-refractivity contribution in [1.82, 2.24) is 8.87 Å². The van der Waals surface area contributed by atoms with Crippen LogP contribution in [0.1, 0.15) is 10.4 Å². The molecule has 0 saturated heterocycles. The van der Waals surface area contributed by atoms with Gasteiger partial charge in [0.1, 0.15) is 6.54 Å². The molecule has 152 valence electrons. The maximum Gasteiger partial charge on any atom is 0.318 e. The lowest BCUT2D eigenvalue weighted by atomic mass is 10.2. The maximum absolute atomic E-state index is 12.8. The Kier molecular flexibility index (Phi) is 6.12. The van der Waals surface area contributed by atoms with Crippen LogP contribution in [0.15, 0.2) is 65.7 Å². The van der Waals surface area contributed by atoms with Crippen LogP contribution in [0.4, 0.5) is 0 Å². The van der Waals surface area contributed by atoms with E-state index in [0.717, 1.165) is 4.31 Å². The fourth-order valence-corrected chi connectivity index (χ4v) is 4.63. The Morgan fingerprint density at radius 3 is 2.41 bits per heavy atom. The first-order chi connectivity index (χ1) is 13.8. The van der Waals surface area contributed by atoms with Crippen LogP contribution < -0.4 is 0 Å². The average molecular weight is 416 g/mol. The highest BCUT2D eigenvalue weighted by Gasteiger charge is 2.28. The van der Waals surface area contributed by atoms with Crippen LogP contribution in [0.2, 0.25) is 0 Å². The fourth-order valence-electron chi connectivity index (χ4n) is 3.18. The van der Waals surface area contributed by atoms with Crippen LogP contribution in [0, 0.1) is 0 Å². The third-order valence-corrected chi connectivity index (χ3v) is 6.29. The Balaban J connectivity index is 1.85. The van der Waals surface area contributed by atoms with Crippen LogP contribution >= 0.6 is 0 Å². The first-order valence-corrected chi connectivity index (χ1v) is 10.2. The van der Waals surface area contributed by atoms with Gasteiger partial charge in [0, 0.05) is 35.8 Å². The van der Waals surface area contributed by atoms with Crippen LogP contribution in [-0.4, -0.2) is 59.0 Å². The summed E-state index contributed by atoms with van der Waals surface area (Å²) in [5, 5.41) is 20.4. The number of benzene rings is 2. The van der Waals surface area contributed by atoms with Crippen molar-refractivity contribution in [2.75, 3.05) is 13.1 Å². The van der Waals surface area contributed by atoms with E-state index in [9.17, 15) is 23.1 Å². The number of aliphatic hydroxyl groups is 1. The molecule has 2 aromatic carbocycles. The highest BCUT2D eigenvalue weighted by molar-refractivity contribution is 7.89. The van der Waals surface area contributed by atoms with E-state index in [1.54, 1.807) is 41.1 Å². The van der Waals surface area contributed by atoms with Crippen molar-refractivity contribution in [3.8, 4) is 0 Å². The smallest absolute Gasteiger partial charge is 0.318 e. The van der Waals surface area contributed by atoms with Crippen LogP contribution in [0.5, 0.6) is 0 Å². The molecule has 0 spiro atoms. The Bertz CT molecular complexity index is 1120. The molecule has 0 bridgehead atoms. The number of carboxylic acids is 1. The second-order valence-corrected chi connectivity index (χ2v) is 8.47. The number of carbonyl (C=O) groups excluding carboxylic acids is 1. The van der Waals surface area contributed by atoms with E-state index in [4.69, 9.17) is 5.11 Å². The number of nitrogens with zero attached hydrogens (tertiary/aromatic N) is 2. The van der Waals surface area contributed by atoms with E-state index in [1.807, 2.05) is 0 Å². The van der Waals surface area contributed by atoms with E-state index in [1.165, 1.54) is 24.3 Å². The van der Waals surface area contributed by atoms with Crippen LogP contribution in [-0.2, 0) is 21.4 Å². The number of carboxylic acid groups (broad SMARTS) is 1. The molecule has 1 aromatic heterocycles. The molecule has 0 radical (unpaired) electrons. The largest absolute Gasteiger partial charge is 0.480 e. The SMILES string of the molecule is O=Cc1cn(CC(O)CN(CC(=O)O)S(=O)(=O)c2ccccc2)c2ccccc12. The first kappa shape index (κ1) is 20.7. The van der Waals surface area contributed by atoms with Gasteiger partial charge in [-0.2, -0.15) is 4.31 Å². The molecule has 0 saturated carbocycles. The standard InChI is InChI=1S/C20H20N2O6S/c23-14-15-10-21(19-9-5-4-8-18(15)19)11-16(24)12-22(13-20(25)26)29(27,28)17-6-2-1-3-7-17/h1-10,14,16,24H,11-13H2,(H,25,26). The lowest BCUT2D eigenvalue weighted by molar-refractivity contribution is -0.137. The first-order valence-electron chi connectivity index (χ1n) is 8.81. The van der Waals surface area contributed by atoms with E-state index in [0.29, 0.717) is 22.8 Å². The van der Waals surface area contributed by atoms with Crippen molar-refractivity contribution in [2.45, 2.75) is 17.5 Å². The number of aliphatic carboxylic acids is 1. The molecule has 3 rings (SSSR count). The monoisotopic (exact) mass is 416 g/mol. The van der Waals surface area contributed by atoms with Crippen LogP contribution in [0.25, 0.3) is 10.9 Å². The number of fused-ring (bicyclic) bond motifs is 1. The van der Waals surface area contributed by atoms with Crippen molar-refractivity contribution in [3.63, 3.8) is 0 Å². The van der Waals surface area contributed by atoms with Gasteiger partial charge in [-0.3, -0.25) is 9.59 Å². The summed E-state index contributed by atoms with van der Waals surface area (Å²) in [6.07, 6.45) is 1.10. The minimum absolute atomic E-state index is 0.00518. The molecule has 2 N–H and O–H groups in total. The van der Waals surface area contributed by atoms with Crippen molar-refractivity contribution in [2.24, 2.45) is 0 Å². The van der Waals surface area contributed by atoms with Gasteiger partial charge in [0.05, 0.1) is 11.0 Å². The quantitative estimate of drug-likeness (QED) is 0.512. The molecule has 0 aliphatic rings. The Morgan fingerprint density at radius 1 is 1.10 bits per heavy atom. The number of hydrogen-bond donors (Lipinski definition) is 2. The average Bonchev–Trinajstić information content (AvgIpc) is 3.05. The minimum atomic E-state index is -4.10. The van der Waals surface area contributed by atoms with Crippen molar-refractivity contribution < 1.29 is 28.2 Å². The second kappa shape index (κ2) is 8.56. The molecular formula is C20H20N2O6S. The zero-order valence-corrected chi connectivity index (χ0v) is 16.2. The summed E-state index contributed by atoms with van der Waals surface area (Å²) in [6.45, 7) is -1.19. The summed E-state index contributed by atoms with van der Waals surface area (Å²) >= 11 is 0. The van der Waals surface area contributed by atoms with Gasteiger partial charge in [-0.15, -0.1) is 0 Å². The van der Waals surface area contributed by atoms with Gasteiger partial charge in [-0.1, -0.05) is 36.4 Å². The number of sulfonamides is 1. The summed E-state index contributed by atoms with van der Waals surface area (Å²) < 4.78 is 28.0. The van der Waals surface area contributed by atoms with E-state index in [-0.39, 0.29) is 11.4 Å². The van der Waals surface area contributed by atoms with Gasteiger partial charge in [0.2, 0.25) is 10.0 Å². The summed E-state index contributed by atoms with van der Waals surface area (Å²) in [7, 11) is -4.10. The number of carbonyl (C=O) groups is 2. The molecule has 0 amide bonds. The summed E-state index contributed by atoms with van der Waals surface area (Å²) in [4.78, 5) is 22.4. The normalized spacial score (nSPS) is 12.9.